The molecule has 0 spiro atoms. The molecule has 0 radical (unpaired) electrons. The summed E-state index contributed by atoms with van der Waals surface area (Å²) in [6.07, 6.45) is 0.856. The van der Waals surface area contributed by atoms with Gasteiger partial charge >= 0.3 is 6.09 Å². The molecule has 2 aromatic carbocycles. The molecular formula is C20H21ClN2O3. The number of hydrogen-bond acceptors (Lipinski definition) is 3. The lowest BCUT2D eigenvalue weighted by Crippen LogP contribution is -2.53. The standard InChI is InChI=1S/C20H21ClN2O3/c1-20(18(24)22-17-10-5-9-16(21)13-17)11-6-12-23(20)19(25)26-14-15-7-3-2-4-8-15/h2-5,7-10,13H,6,11-12,14H2,1H3,(H,22,24). The second-order valence-electron chi connectivity index (χ2n) is 6.53. The van der Waals surface area contributed by atoms with Crippen molar-refractivity contribution in [3.8, 4) is 0 Å². The monoisotopic (exact) mass is 372 g/mol. The number of carbonyl (C=O) groups is 2. The van der Waals surface area contributed by atoms with E-state index >= 15 is 0 Å². The van der Waals surface area contributed by atoms with Crippen molar-refractivity contribution in [1.82, 2.24) is 4.90 Å². The summed E-state index contributed by atoms with van der Waals surface area (Å²) in [4.78, 5) is 26.9. The van der Waals surface area contributed by atoms with Crippen molar-refractivity contribution in [1.29, 1.82) is 0 Å². The third-order valence-corrected chi connectivity index (χ3v) is 4.87. The number of carbonyl (C=O) groups excluding carboxylic acids is 2. The fourth-order valence-corrected chi connectivity index (χ4v) is 3.31. The number of nitrogens with one attached hydrogen (secondary N) is 1. The number of halogens is 1. The van der Waals surface area contributed by atoms with Crippen LogP contribution in [0.5, 0.6) is 0 Å². The van der Waals surface area contributed by atoms with Crippen LogP contribution in [-0.4, -0.2) is 29.0 Å². The Kier molecular flexibility index (Phi) is 5.47. The molecule has 6 heteroatoms. The number of rotatable bonds is 4. The van der Waals surface area contributed by atoms with E-state index in [1.54, 1.807) is 31.2 Å². The Labute approximate surface area is 157 Å². The largest absolute Gasteiger partial charge is 0.445 e. The van der Waals surface area contributed by atoms with Crippen molar-refractivity contribution >= 4 is 29.3 Å². The van der Waals surface area contributed by atoms with Crippen LogP contribution in [0.3, 0.4) is 0 Å². The average Bonchev–Trinajstić information content (AvgIpc) is 3.04. The van der Waals surface area contributed by atoms with Crippen molar-refractivity contribution in [3.63, 3.8) is 0 Å². The van der Waals surface area contributed by atoms with E-state index in [2.05, 4.69) is 5.32 Å². The molecule has 1 saturated heterocycles. The van der Waals surface area contributed by atoms with Gasteiger partial charge in [0.05, 0.1) is 0 Å². The molecule has 2 amide bonds. The lowest BCUT2D eigenvalue weighted by molar-refractivity contribution is -0.125. The van der Waals surface area contributed by atoms with Crippen molar-refractivity contribution in [3.05, 3.63) is 65.2 Å². The van der Waals surface area contributed by atoms with Crippen LogP contribution in [0.4, 0.5) is 10.5 Å². The van der Waals surface area contributed by atoms with Crippen molar-refractivity contribution in [2.24, 2.45) is 0 Å². The lowest BCUT2D eigenvalue weighted by atomic mass is 9.98. The maximum absolute atomic E-state index is 12.8. The predicted octanol–water partition coefficient (Wildman–Crippen LogP) is 4.47. The number of amides is 2. The van der Waals surface area contributed by atoms with Gasteiger partial charge in [0.2, 0.25) is 5.91 Å². The van der Waals surface area contributed by atoms with Gasteiger partial charge in [0.25, 0.3) is 0 Å². The minimum atomic E-state index is -0.948. The molecule has 0 aromatic heterocycles. The van der Waals surface area contributed by atoms with Crippen LogP contribution in [0.2, 0.25) is 5.02 Å². The molecular weight excluding hydrogens is 352 g/mol. The van der Waals surface area contributed by atoms with Gasteiger partial charge in [0.1, 0.15) is 12.1 Å². The zero-order valence-electron chi connectivity index (χ0n) is 14.6. The second-order valence-corrected chi connectivity index (χ2v) is 6.97. The summed E-state index contributed by atoms with van der Waals surface area (Å²) in [6, 6.07) is 16.4. The average molecular weight is 373 g/mol. The SMILES string of the molecule is CC1(C(=O)Nc2cccc(Cl)c2)CCCN1C(=O)OCc1ccccc1. The van der Waals surface area contributed by atoms with Crippen LogP contribution < -0.4 is 5.32 Å². The number of benzene rings is 2. The number of anilines is 1. The van der Waals surface area contributed by atoms with Crippen LogP contribution in [-0.2, 0) is 16.1 Å². The number of nitrogens with zero attached hydrogens (tertiary/aromatic N) is 1. The Morgan fingerprint density at radius 1 is 1.19 bits per heavy atom. The maximum Gasteiger partial charge on any atom is 0.410 e. The lowest BCUT2D eigenvalue weighted by Gasteiger charge is -2.33. The quantitative estimate of drug-likeness (QED) is 0.861. The van der Waals surface area contributed by atoms with Crippen molar-refractivity contribution in [2.45, 2.75) is 31.9 Å². The first-order chi connectivity index (χ1) is 12.5. The van der Waals surface area contributed by atoms with Crippen LogP contribution in [0.15, 0.2) is 54.6 Å². The highest BCUT2D eigenvalue weighted by atomic mass is 35.5. The Morgan fingerprint density at radius 2 is 1.96 bits per heavy atom. The van der Waals surface area contributed by atoms with Gasteiger partial charge in [-0.15, -0.1) is 0 Å². The Morgan fingerprint density at radius 3 is 2.69 bits per heavy atom. The van der Waals surface area contributed by atoms with Crippen LogP contribution in [0.1, 0.15) is 25.3 Å². The van der Waals surface area contributed by atoms with Gasteiger partial charge in [-0.3, -0.25) is 9.69 Å². The van der Waals surface area contributed by atoms with E-state index in [0.717, 1.165) is 12.0 Å². The third-order valence-electron chi connectivity index (χ3n) is 4.64. The summed E-state index contributed by atoms with van der Waals surface area (Å²) in [5.74, 6) is -0.242. The van der Waals surface area contributed by atoms with Gasteiger partial charge < -0.3 is 10.1 Å². The summed E-state index contributed by atoms with van der Waals surface area (Å²) in [6.45, 7) is 2.44. The van der Waals surface area contributed by atoms with Gasteiger partial charge in [-0.05, 0) is 43.5 Å². The van der Waals surface area contributed by atoms with E-state index in [-0.39, 0.29) is 12.5 Å². The molecule has 1 aliphatic heterocycles. The summed E-state index contributed by atoms with van der Waals surface area (Å²) in [5, 5.41) is 3.39. The summed E-state index contributed by atoms with van der Waals surface area (Å²) >= 11 is 5.97. The first-order valence-electron chi connectivity index (χ1n) is 8.54. The smallest absolute Gasteiger partial charge is 0.410 e. The zero-order valence-corrected chi connectivity index (χ0v) is 15.3. The molecule has 0 saturated carbocycles. The molecule has 1 unspecified atom stereocenters. The summed E-state index contributed by atoms with van der Waals surface area (Å²) in [5.41, 5.74) is 0.564. The number of ether oxygens (including phenoxy) is 1. The molecule has 0 bridgehead atoms. The number of hydrogen-bond donors (Lipinski definition) is 1. The molecule has 5 nitrogen and oxygen atoms in total. The molecule has 1 heterocycles. The summed E-state index contributed by atoms with van der Waals surface area (Å²) in [7, 11) is 0. The highest BCUT2D eigenvalue weighted by Crippen LogP contribution is 2.31. The second kappa shape index (κ2) is 7.79. The Balaban J connectivity index is 1.67. The topological polar surface area (TPSA) is 58.6 Å². The molecule has 0 aliphatic carbocycles. The highest BCUT2D eigenvalue weighted by molar-refractivity contribution is 6.30. The van der Waals surface area contributed by atoms with E-state index in [1.807, 2.05) is 30.3 Å². The molecule has 1 fully saturated rings. The van der Waals surface area contributed by atoms with Gasteiger partial charge in [-0.1, -0.05) is 48.0 Å². The van der Waals surface area contributed by atoms with Gasteiger partial charge in [0.15, 0.2) is 0 Å². The third kappa shape index (κ3) is 3.99. The van der Waals surface area contributed by atoms with E-state index in [4.69, 9.17) is 16.3 Å². The fraction of sp³-hybridized carbons (Fsp3) is 0.300. The minimum Gasteiger partial charge on any atom is -0.445 e. The van der Waals surface area contributed by atoms with Crippen LogP contribution in [0.25, 0.3) is 0 Å². The molecule has 2 aromatic rings. The summed E-state index contributed by atoms with van der Waals surface area (Å²) < 4.78 is 5.41. The molecule has 1 aliphatic rings. The predicted molar refractivity (Wildman–Crippen MR) is 101 cm³/mol. The number of likely N-dealkylation sites (tertiary alicyclic amines) is 1. The van der Waals surface area contributed by atoms with Gasteiger partial charge in [-0.2, -0.15) is 0 Å². The Bertz CT molecular complexity index is 797. The molecule has 1 N–H and O–H groups in total. The maximum atomic E-state index is 12.8. The van der Waals surface area contributed by atoms with Crippen LogP contribution in [0, 0.1) is 0 Å². The molecule has 1 atom stereocenters. The first-order valence-corrected chi connectivity index (χ1v) is 8.92. The van der Waals surface area contributed by atoms with Gasteiger partial charge in [0, 0.05) is 17.3 Å². The molecule has 26 heavy (non-hydrogen) atoms. The van der Waals surface area contributed by atoms with Gasteiger partial charge in [-0.25, -0.2) is 4.79 Å². The minimum absolute atomic E-state index is 0.183. The molecule has 136 valence electrons. The van der Waals surface area contributed by atoms with E-state index < -0.39 is 11.6 Å². The Hall–Kier alpha value is -2.53. The van der Waals surface area contributed by atoms with Crippen molar-refractivity contribution < 1.29 is 14.3 Å². The first kappa shape index (κ1) is 18.3. The van der Waals surface area contributed by atoms with Crippen molar-refractivity contribution in [2.75, 3.05) is 11.9 Å². The fourth-order valence-electron chi connectivity index (χ4n) is 3.12. The van der Waals surface area contributed by atoms with E-state index in [0.29, 0.717) is 23.7 Å². The zero-order chi connectivity index (χ0) is 18.6. The molecule has 3 rings (SSSR count). The van der Waals surface area contributed by atoms with E-state index in [9.17, 15) is 9.59 Å². The van der Waals surface area contributed by atoms with E-state index in [1.165, 1.54) is 4.90 Å². The highest BCUT2D eigenvalue weighted by Gasteiger charge is 2.46. The van der Waals surface area contributed by atoms with Crippen LogP contribution >= 0.6 is 11.6 Å². The normalized spacial score (nSPS) is 19.2.